The zero-order chi connectivity index (χ0) is 11.8. The second-order valence-electron chi connectivity index (χ2n) is 4.09. The molecule has 0 aliphatic carbocycles. The van der Waals surface area contributed by atoms with Crippen LogP contribution in [0.4, 0.5) is 0 Å². The van der Waals surface area contributed by atoms with Crippen molar-refractivity contribution in [2.45, 2.75) is 6.92 Å². The van der Waals surface area contributed by atoms with E-state index >= 15 is 0 Å². The van der Waals surface area contributed by atoms with E-state index in [1.165, 1.54) is 15.8 Å². The standard InChI is InChI=1S/C15H12NS/c1-10-8-9-13-14(11(10)2)16-15(17-13)12-6-4-3-5-7-12/h3-9H,2H2,1H3. The molecular weight excluding hydrogens is 226 g/mol. The topological polar surface area (TPSA) is 12.9 Å². The Bertz CT molecular complexity index is 668. The average Bonchev–Trinajstić information content (AvgIpc) is 2.80. The maximum atomic E-state index is 4.70. The highest BCUT2D eigenvalue weighted by Crippen LogP contribution is 2.32. The van der Waals surface area contributed by atoms with Crippen molar-refractivity contribution < 1.29 is 0 Å². The molecule has 1 radical (unpaired) electrons. The summed E-state index contributed by atoms with van der Waals surface area (Å²) < 4.78 is 1.21. The highest BCUT2D eigenvalue weighted by Gasteiger charge is 2.08. The van der Waals surface area contributed by atoms with Gasteiger partial charge in [0.05, 0.1) is 10.2 Å². The molecule has 0 aliphatic rings. The highest BCUT2D eigenvalue weighted by molar-refractivity contribution is 7.21. The van der Waals surface area contributed by atoms with Crippen LogP contribution >= 0.6 is 11.3 Å². The molecule has 0 N–H and O–H groups in total. The van der Waals surface area contributed by atoms with Gasteiger partial charge >= 0.3 is 0 Å². The summed E-state index contributed by atoms with van der Waals surface area (Å²) in [6.45, 7) is 6.17. The van der Waals surface area contributed by atoms with E-state index < -0.39 is 0 Å². The Morgan fingerprint density at radius 3 is 2.59 bits per heavy atom. The number of aromatic nitrogens is 1. The molecule has 0 unspecified atom stereocenters. The van der Waals surface area contributed by atoms with Crippen molar-refractivity contribution in [3.63, 3.8) is 0 Å². The summed E-state index contributed by atoms with van der Waals surface area (Å²) in [6.07, 6.45) is 0. The van der Waals surface area contributed by atoms with Crippen LogP contribution in [0.1, 0.15) is 11.1 Å². The Kier molecular flexibility index (Phi) is 2.45. The van der Waals surface area contributed by atoms with Gasteiger partial charge in [-0.2, -0.15) is 0 Å². The fraction of sp³-hybridized carbons (Fsp3) is 0.0667. The number of rotatable bonds is 1. The minimum absolute atomic E-state index is 1.04. The van der Waals surface area contributed by atoms with E-state index in [4.69, 9.17) is 4.98 Å². The Morgan fingerprint density at radius 1 is 1.06 bits per heavy atom. The SMILES string of the molecule is [CH2]c1c(C)ccc2sc(-c3ccccc3)nc12. The van der Waals surface area contributed by atoms with Gasteiger partial charge in [0, 0.05) is 5.56 Å². The third-order valence-corrected chi connectivity index (χ3v) is 3.99. The quantitative estimate of drug-likeness (QED) is 0.610. The van der Waals surface area contributed by atoms with Crippen LogP contribution in [0.2, 0.25) is 0 Å². The van der Waals surface area contributed by atoms with E-state index in [9.17, 15) is 0 Å². The highest BCUT2D eigenvalue weighted by atomic mass is 32.1. The molecule has 3 rings (SSSR count). The molecule has 17 heavy (non-hydrogen) atoms. The lowest BCUT2D eigenvalue weighted by Crippen LogP contribution is -1.82. The average molecular weight is 238 g/mol. The molecule has 83 valence electrons. The lowest BCUT2D eigenvalue weighted by Gasteiger charge is -1.98. The van der Waals surface area contributed by atoms with E-state index in [1.54, 1.807) is 11.3 Å². The monoisotopic (exact) mass is 238 g/mol. The van der Waals surface area contributed by atoms with E-state index in [1.807, 2.05) is 18.2 Å². The third kappa shape index (κ3) is 1.75. The molecule has 0 atom stereocenters. The number of thiazole rings is 1. The molecule has 0 fully saturated rings. The minimum atomic E-state index is 1.04. The number of fused-ring (bicyclic) bond motifs is 1. The Morgan fingerprint density at radius 2 is 1.82 bits per heavy atom. The summed E-state index contributed by atoms with van der Waals surface area (Å²) in [7, 11) is 0. The number of nitrogens with zero attached hydrogens (tertiary/aromatic N) is 1. The largest absolute Gasteiger partial charge is 0.236 e. The van der Waals surface area contributed by atoms with Crippen molar-refractivity contribution in [3.8, 4) is 10.6 Å². The van der Waals surface area contributed by atoms with Crippen LogP contribution < -0.4 is 0 Å². The van der Waals surface area contributed by atoms with Crippen molar-refractivity contribution in [2.24, 2.45) is 0 Å². The van der Waals surface area contributed by atoms with Crippen molar-refractivity contribution in [3.05, 3.63) is 60.5 Å². The maximum Gasteiger partial charge on any atom is 0.124 e. The zero-order valence-electron chi connectivity index (χ0n) is 9.60. The molecule has 1 nitrogen and oxygen atoms in total. The number of hydrogen-bond donors (Lipinski definition) is 0. The van der Waals surface area contributed by atoms with E-state index in [-0.39, 0.29) is 0 Å². The summed E-state index contributed by atoms with van der Waals surface area (Å²) in [4.78, 5) is 4.70. The van der Waals surface area contributed by atoms with Crippen LogP contribution in [0.3, 0.4) is 0 Å². The van der Waals surface area contributed by atoms with E-state index in [2.05, 4.69) is 38.1 Å². The minimum Gasteiger partial charge on any atom is -0.236 e. The van der Waals surface area contributed by atoms with Gasteiger partial charge in [-0.15, -0.1) is 11.3 Å². The molecule has 0 amide bonds. The lowest BCUT2D eigenvalue weighted by molar-refractivity contribution is 1.40. The maximum absolute atomic E-state index is 4.70. The lowest BCUT2D eigenvalue weighted by atomic mass is 10.1. The first-order chi connectivity index (χ1) is 8.25. The van der Waals surface area contributed by atoms with Crippen molar-refractivity contribution in [2.75, 3.05) is 0 Å². The Hall–Kier alpha value is -1.67. The summed E-state index contributed by atoms with van der Waals surface area (Å²) in [5.41, 5.74) is 4.45. The van der Waals surface area contributed by atoms with Gasteiger partial charge in [-0.25, -0.2) is 4.98 Å². The third-order valence-electron chi connectivity index (χ3n) is 2.92. The van der Waals surface area contributed by atoms with E-state index in [0.29, 0.717) is 0 Å². The number of hydrogen-bond acceptors (Lipinski definition) is 2. The molecule has 0 saturated carbocycles. The first-order valence-corrected chi connectivity index (χ1v) is 6.35. The second-order valence-corrected chi connectivity index (χ2v) is 5.12. The van der Waals surface area contributed by atoms with Gasteiger partial charge in [-0.05, 0) is 31.0 Å². The summed E-state index contributed by atoms with van der Waals surface area (Å²) in [5, 5.41) is 1.07. The Labute approximate surface area is 105 Å². The summed E-state index contributed by atoms with van der Waals surface area (Å²) >= 11 is 1.72. The van der Waals surface area contributed by atoms with Crippen LogP contribution in [0, 0.1) is 13.8 Å². The van der Waals surface area contributed by atoms with Gasteiger partial charge in [-0.3, -0.25) is 0 Å². The molecule has 3 aromatic rings. The van der Waals surface area contributed by atoms with Gasteiger partial charge in [0.2, 0.25) is 0 Å². The van der Waals surface area contributed by atoms with Crippen molar-refractivity contribution in [1.82, 2.24) is 4.98 Å². The van der Waals surface area contributed by atoms with Gasteiger partial charge < -0.3 is 0 Å². The fourth-order valence-corrected chi connectivity index (χ4v) is 2.85. The van der Waals surface area contributed by atoms with Crippen molar-refractivity contribution >= 4 is 21.6 Å². The predicted molar refractivity (Wildman–Crippen MR) is 74.3 cm³/mol. The van der Waals surface area contributed by atoms with Gasteiger partial charge in [0.1, 0.15) is 5.01 Å². The normalized spacial score (nSPS) is 10.9. The van der Waals surface area contributed by atoms with Crippen LogP contribution in [-0.4, -0.2) is 4.98 Å². The number of benzene rings is 2. The first kappa shape index (κ1) is 10.5. The van der Waals surface area contributed by atoms with Crippen LogP contribution in [-0.2, 0) is 0 Å². The predicted octanol–water partition coefficient (Wildman–Crippen LogP) is 4.45. The summed E-state index contributed by atoms with van der Waals surface area (Å²) in [5.74, 6) is 0. The molecule has 0 bridgehead atoms. The van der Waals surface area contributed by atoms with Crippen molar-refractivity contribution in [1.29, 1.82) is 0 Å². The van der Waals surface area contributed by atoms with Gasteiger partial charge in [-0.1, -0.05) is 36.4 Å². The summed E-state index contributed by atoms with van der Waals surface area (Å²) in [6, 6.07) is 14.5. The molecule has 2 heteroatoms. The van der Waals surface area contributed by atoms with Gasteiger partial charge in [0.25, 0.3) is 0 Å². The van der Waals surface area contributed by atoms with Crippen LogP contribution in [0.25, 0.3) is 20.8 Å². The molecule has 0 spiro atoms. The number of aryl methyl sites for hydroxylation is 1. The molecule has 0 aliphatic heterocycles. The fourth-order valence-electron chi connectivity index (χ4n) is 1.85. The van der Waals surface area contributed by atoms with E-state index in [0.717, 1.165) is 16.1 Å². The van der Waals surface area contributed by atoms with Gasteiger partial charge in [0.15, 0.2) is 0 Å². The smallest absolute Gasteiger partial charge is 0.124 e. The second kappa shape index (κ2) is 3.97. The molecule has 0 saturated heterocycles. The molecule has 1 heterocycles. The van der Waals surface area contributed by atoms with Crippen LogP contribution in [0.15, 0.2) is 42.5 Å². The molecular formula is C15H12NS. The molecule has 1 aromatic heterocycles. The molecule has 2 aromatic carbocycles. The van der Waals surface area contributed by atoms with Crippen LogP contribution in [0.5, 0.6) is 0 Å². The Balaban J connectivity index is 2.24. The first-order valence-electron chi connectivity index (χ1n) is 5.53. The zero-order valence-corrected chi connectivity index (χ0v) is 10.4.